The molecule has 0 aliphatic carbocycles. The van der Waals surface area contributed by atoms with Crippen molar-refractivity contribution in [3.05, 3.63) is 23.8 Å². The number of methoxy groups -OCH3 is 2. The van der Waals surface area contributed by atoms with E-state index in [0.717, 1.165) is 18.0 Å². The van der Waals surface area contributed by atoms with Crippen LogP contribution < -0.4 is 14.8 Å². The molecule has 0 saturated heterocycles. The molecule has 0 aliphatic rings. The fourth-order valence-electron chi connectivity index (χ4n) is 2.51. The molecule has 1 atom stereocenters. The Morgan fingerprint density at radius 2 is 1.71 bits per heavy atom. The highest BCUT2D eigenvalue weighted by molar-refractivity contribution is 5.42. The van der Waals surface area contributed by atoms with Gasteiger partial charge in [-0.15, -0.1) is 0 Å². The van der Waals surface area contributed by atoms with Crippen molar-refractivity contribution in [3.63, 3.8) is 0 Å². The SMILES string of the molecule is CCCCCCCCNC(C)c1ccc(OC)cc1OC. The molecule has 1 aromatic rings. The second kappa shape index (κ2) is 10.5. The lowest BCUT2D eigenvalue weighted by atomic mass is 10.1. The molecule has 0 spiro atoms. The van der Waals surface area contributed by atoms with Gasteiger partial charge in [0.25, 0.3) is 0 Å². The number of ether oxygens (including phenoxy) is 2. The van der Waals surface area contributed by atoms with Crippen molar-refractivity contribution in [3.8, 4) is 11.5 Å². The highest BCUT2D eigenvalue weighted by Crippen LogP contribution is 2.29. The Morgan fingerprint density at radius 1 is 1.00 bits per heavy atom. The molecule has 3 nitrogen and oxygen atoms in total. The lowest BCUT2D eigenvalue weighted by molar-refractivity contribution is 0.385. The molecule has 0 fully saturated rings. The number of rotatable bonds is 11. The summed E-state index contributed by atoms with van der Waals surface area (Å²) in [6.45, 7) is 5.50. The van der Waals surface area contributed by atoms with Crippen LogP contribution in [0.25, 0.3) is 0 Å². The second-order valence-electron chi connectivity index (χ2n) is 5.55. The molecular weight excluding hydrogens is 262 g/mol. The van der Waals surface area contributed by atoms with E-state index < -0.39 is 0 Å². The summed E-state index contributed by atoms with van der Waals surface area (Å²) >= 11 is 0. The maximum absolute atomic E-state index is 5.46. The Morgan fingerprint density at radius 3 is 2.38 bits per heavy atom. The van der Waals surface area contributed by atoms with Crippen molar-refractivity contribution in [2.75, 3.05) is 20.8 Å². The zero-order valence-corrected chi connectivity index (χ0v) is 14.1. The monoisotopic (exact) mass is 293 g/mol. The number of unbranched alkanes of at least 4 members (excludes halogenated alkanes) is 5. The zero-order valence-electron chi connectivity index (χ0n) is 14.1. The van der Waals surface area contributed by atoms with Crippen molar-refractivity contribution < 1.29 is 9.47 Å². The van der Waals surface area contributed by atoms with Crippen LogP contribution in [0.1, 0.15) is 64.0 Å². The van der Waals surface area contributed by atoms with Crippen molar-refractivity contribution in [2.45, 2.75) is 58.4 Å². The fraction of sp³-hybridized carbons (Fsp3) is 0.667. The summed E-state index contributed by atoms with van der Waals surface area (Å²) in [4.78, 5) is 0. The quantitative estimate of drug-likeness (QED) is 0.599. The molecule has 0 bridgehead atoms. The molecule has 120 valence electrons. The number of nitrogens with one attached hydrogen (secondary N) is 1. The van der Waals surface area contributed by atoms with Gasteiger partial charge in [0.05, 0.1) is 14.2 Å². The molecule has 1 N–H and O–H groups in total. The summed E-state index contributed by atoms with van der Waals surface area (Å²) in [7, 11) is 3.38. The van der Waals surface area contributed by atoms with Gasteiger partial charge >= 0.3 is 0 Å². The number of hydrogen-bond donors (Lipinski definition) is 1. The van der Waals surface area contributed by atoms with Gasteiger partial charge in [-0.05, 0) is 26.0 Å². The summed E-state index contributed by atoms with van der Waals surface area (Å²) in [5, 5.41) is 3.58. The standard InChI is InChI=1S/C18H31NO2/c1-5-6-7-8-9-10-13-19-15(2)17-12-11-16(20-3)14-18(17)21-4/h11-12,14-15,19H,5-10,13H2,1-4H3. The first kappa shape index (κ1) is 17.8. The largest absolute Gasteiger partial charge is 0.497 e. The number of benzene rings is 1. The summed E-state index contributed by atoms with van der Waals surface area (Å²) in [5.74, 6) is 1.72. The molecule has 0 amide bonds. The first-order valence-electron chi connectivity index (χ1n) is 8.18. The third kappa shape index (κ3) is 6.38. The average molecular weight is 293 g/mol. The highest BCUT2D eigenvalue weighted by atomic mass is 16.5. The molecule has 1 aromatic carbocycles. The molecule has 0 aliphatic heterocycles. The minimum atomic E-state index is 0.293. The van der Waals surface area contributed by atoms with Gasteiger partial charge in [0.1, 0.15) is 11.5 Å². The van der Waals surface area contributed by atoms with E-state index in [2.05, 4.69) is 25.2 Å². The van der Waals surface area contributed by atoms with Gasteiger partial charge in [-0.3, -0.25) is 0 Å². The van der Waals surface area contributed by atoms with Crippen LogP contribution >= 0.6 is 0 Å². The van der Waals surface area contributed by atoms with E-state index in [0.29, 0.717) is 6.04 Å². The third-order valence-corrected chi connectivity index (χ3v) is 3.89. The van der Waals surface area contributed by atoms with E-state index >= 15 is 0 Å². The first-order chi connectivity index (χ1) is 10.2. The van der Waals surface area contributed by atoms with Gasteiger partial charge in [-0.2, -0.15) is 0 Å². The maximum Gasteiger partial charge on any atom is 0.127 e. The van der Waals surface area contributed by atoms with Gasteiger partial charge in [0, 0.05) is 17.7 Å². The van der Waals surface area contributed by atoms with Crippen molar-refractivity contribution in [2.24, 2.45) is 0 Å². The van der Waals surface area contributed by atoms with E-state index in [9.17, 15) is 0 Å². The van der Waals surface area contributed by atoms with Gasteiger partial charge in [-0.25, -0.2) is 0 Å². The lowest BCUT2D eigenvalue weighted by Crippen LogP contribution is -2.20. The van der Waals surface area contributed by atoms with Crippen molar-refractivity contribution in [1.82, 2.24) is 5.32 Å². The minimum absolute atomic E-state index is 0.293. The predicted octanol–water partition coefficient (Wildman–Crippen LogP) is 4.71. The van der Waals surface area contributed by atoms with E-state index in [-0.39, 0.29) is 0 Å². The van der Waals surface area contributed by atoms with Crippen molar-refractivity contribution >= 4 is 0 Å². The fourth-order valence-corrected chi connectivity index (χ4v) is 2.51. The minimum Gasteiger partial charge on any atom is -0.497 e. The molecule has 3 heteroatoms. The Hall–Kier alpha value is -1.22. The predicted molar refractivity (Wildman–Crippen MR) is 89.3 cm³/mol. The first-order valence-corrected chi connectivity index (χ1v) is 8.18. The van der Waals surface area contributed by atoms with Crippen LogP contribution in [-0.2, 0) is 0 Å². The van der Waals surface area contributed by atoms with E-state index in [1.165, 1.54) is 44.1 Å². The van der Waals surface area contributed by atoms with Crippen LogP contribution in [-0.4, -0.2) is 20.8 Å². The summed E-state index contributed by atoms with van der Waals surface area (Å²) in [6.07, 6.45) is 7.97. The van der Waals surface area contributed by atoms with Gasteiger partial charge < -0.3 is 14.8 Å². The van der Waals surface area contributed by atoms with E-state index in [4.69, 9.17) is 9.47 Å². The third-order valence-electron chi connectivity index (χ3n) is 3.89. The average Bonchev–Trinajstić information content (AvgIpc) is 2.53. The van der Waals surface area contributed by atoms with Crippen LogP contribution in [0.15, 0.2) is 18.2 Å². The van der Waals surface area contributed by atoms with Crippen LogP contribution in [0.5, 0.6) is 11.5 Å². The normalized spacial score (nSPS) is 12.2. The summed E-state index contributed by atoms with van der Waals surface area (Å²) in [6, 6.07) is 6.30. The molecule has 21 heavy (non-hydrogen) atoms. The maximum atomic E-state index is 5.46. The zero-order chi connectivity index (χ0) is 15.5. The van der Waals surface area contributed by atoms with Crippen LogP contribution in [0.3, 0.4) is 0 Å². The van der Waals surface area contributed by atoms with Gasteiger partial charge in [0.2, 0.25) is 0 Å². The molecule has 0 heterocycles. The molecule has 1 rings (SSSR count). The lowest BCUT2D eigenvalue weighted by Gasteiger charge is -2.18. The molecule has 0 radical (unpaired) electrons. The van der Waals surface area contributed by atoms with Crippen molar-refractivity contribution in [1.29, 1.82) is 0 Å². The van der Waals surface area contributed by atoms with Gasteiger partial charge in [0.15, 0.2) is 0 Å². The molecule has 0 saturated carbocycles. The Balaban J connectivity index is 2.36. The molecular formula is C18H31NO2. The van der Waals surface area contributed by atoms with Gasteiger partial charge in [-0.1, -0.05) is 45.1 Å². The van der Waals surface area contributed by atoms with Crippen LogP contribution in [0.4, 0.5) is 0 Å². The second-order valence-corrected chi connectivity index (χ2v) is 5.55. The summed E-state index contributed by atoms with van der Waals surface area (Å²) < 4.78 is 10.7. The number of hydrogen-bond acceptors (Lipinski definition) is 3. The smallest absolute Gasteiger partial charge is 0.127 e. The highest BCUT2D eigenvalue weighted by Gasteiger charge is 2.11. The Kier molecular flexibility index (Phi) is 8.91. The topological polar surface area (TPSA) is 30.5 Å². The van der Waals surface area contributed by atoms with E-state index in [1.807, 2.05) is 12.1 Å². The van der Waals surface area contributed by atoms with E-state index in [1.54, 1.807) is 14.2 Å². The molecule has 1 unspecified atom stereocenters. The summed E-state index contributed by atoms with van der Waals surface area (Å²) in [5.41, 5.74) is 1.18. The molecule has 0 aromatic heterocycles. The van der Waals surface area contributed by atoms with Crippen LogP contribution in [0, 0.1) is 0 Å². The Labute approximate surface area is 130 Å². The van der Waals surface area contributed by atoms with Crippen LogP contribution in [0.2, 0.25) is 0 Å². The Bertz CT molecular complexity index is 393.